The van der Waals surface area contributed by atoms with Crippen LogP contribution in [0.25, 0.3) is 0 Å². The first kappa shape index (κ1) is 18.2. The summed E-state index contributed by atoms with van der Waals surface area (Å²) in [7, 11) is 1.44. The molecule has 0 aromatic rings. The van der Waals surface area contributed by atoms with E-state index in [1.54, 1.807) is 0 Å². The zero-order valence-electron chi connectivity index (χ0n) is 14.3. The second-order valence-corrected chi connectivity index (χ2v) is 6.33. The molecule has 0 radical (unpaired) electrons. The number of hydrogen-bond acceptors (Lipinski definition) is 4. The van der Waals surface area contributed by atoms with E-state index in [0.29, 0.717) is 6.42 Å². The van der Waals surface area contributed by atoms with Gasteiger partial charge in [-0.05, 0) is 44.9 Å². The first-order valence-electron chi connectivity index (χ1n) is 8.99. The molecule has 0 N–H and O–H groups in total. The molecule has 0 saturated carbocycles. The fourth-order valence-electron chi connectivity index (χ4n) is 2.67. The van der Waals surface area contributed by atoms with Crippen molar-refractivity contribution in [2.75, 3.05) is 7.11 Å². The van der Waals surface area contributed by atoms with Crippen molar-refractivity contribution in [2.24, 2.45) is 0 Å². The molecule has 0 aromatic heterocycles. The van der Waals surface area contributed by atoms with Crippen LogP contribution in [0.2, 0.25) is 0 Å². The average molecular weight is 322 g/mol. The number of fused-ring (bicyclic) bond motifs is 1. The highest BCUT2D eigenvalue weighted by Crippen LogP contribution is 2.59. The van der Waals surface area contributed by atoms with Crippen LogP contribution in [-0.2, 0) is 19.0 Å². The summed E-state index contributed by atoms with van der Waals surface area (Å²) in [5, 5.41) is 0. The Bertz CT molecular complexity index is 408. The van der Waals surface area contributed by atoms with E-state index < -0.39 is 0 Å². The summed E-state index contributed by atoms with van der Waals surface area (Å²) in [6.45, 7) is 0. The lowest BCUT2D eigenvalue weighted by atomic mass is 10.1. The van der Waals surface area contributed by atoms with Crippen LogP contribution in [0, 0.1) is 0 Å². The highest BCUT2D eigenvalue weighted by atomic mass is 17.0. The minimum absolute atomic E-state index is 0.0917. The Kier molecular flexibility index (Phi) is 7.83. The molecule has 0 aliphatic carbocycles. The number of hydrogen-bond donors (Lipinski definition) is 0. The molecule has 2 aliphatic rings. The molecule has 2 heterocycles. The van der Waals surface area contributed by atoms with Crippen molar-refractivity contribution >= 4 is 5.97 Å². The second-order valence-electron chi connectivity index (χ2n) is 6.33. The van der Waals surface area contributed by atoms with Gasteiger partial charge in [-0.2, -0.15) is 0 Å². The van der Waals surface area contributed by atoms with Gasteiger partial charge in [0.1, 0.15) is 0 Å². The van der Waals surface area contributed by atoms with Crippen molar-refractivity contribution in [3.63, 3.8) is 0 Å². The van der Waals surface area contributed by atoms with Crippen LogP contribution in [0.3, 0.4) is 0 Å². The van der Waals surface area contributed by atoms with Crippen molar-refractivity contribution < 1.29 is 19.0 Å². The smallest absolute Gasteiger partial charge is 0.305 e. The first-order valence-corrected chi connectivity index (χ1v) is 8.99. The summed E-state index contributed by atoms with van der Waals surface area (Å²) in [5.74, 6) is -0.200. The van der Waals surface area contributed by atoms with Gasteiger partial charge in [0, 0.05) is 12.8 Å². The topological polar surface area (TPSA) is 51.4 Å². The lowest BCUT2D eigenvalue weighted by Gasteiger charge is -2.00. The van der Waals surface area contributed by atoms with Gasteiger partial charge < -0.3 is 14.2 Å². The molecule has 2 saturated heterocycles. The molecule has 23 heavy (non-hydrogen) atoms. The van der Waals surface area contributed by atoms with Crippen molar-refractivity contribution in [2.45, 2.75) is 82.7 Å². The highest BCUT2D eigenvalue weighted by molar-refractivity contribution is 5.68. The fraction of sp³-hybridized carbons (Fsp3) is 0.737. The summed E-state index contributed by atoms with van der Waals surface area (Å²) in [5.41, 5.74) is 0. The van der Waals surface area contributed by atoms with E-state index in [2.05, 4.69) is 29.0 Å². The summed E-state index contributed by atoms with van der Waals surface area (Å²) in [6, 6.07) is 0. The number of allylic oxidation sites excluding steroid dienone is 4. The molecule has 2 fully saturated rings. The van der Waals surface area contributed by atoms with Gasteiger partial charge in [-0.1, -0.05) is 37.1 Å². The summed E-state index contributed by atoms with van der Waals surface area (Å²) < 4.78 is 15.1. The van der Waals surface area contributed by atoms with Crippen molar-refractivity contribution in [1.29, 1.82) is 0 Å². The van der Waals surface area contributed by atoms with E-state index in [-0.39, 0.29) is 18.0 Å². The van der Waals surface area contributed by atoms with Gasteiger partial charge in [-0.15, -0.1) is 0 Å². The van der Waals surface area contributed by atoms with Crippen LogP contribution in [0.15, 0.2) is 24.3 Å². The lowest BCUT2D eigenvalue weighted by molar-refractivity contribution is -0.140. The second kappa shape index (κ2) is 9.89. The Balaban J connectivity index is 1.28. The molecule has 0 spiro atoms. The first-order chi connectivity index (χ1) is 11.3. The van der Waals surface area contributed by atoms with E-state index in [1.807, 2.05) is 0 Å². The molecule has 0 atom stereocenters. The lowest BCUT2D eigenvalue weighted by Crippen LogP contribution is -1.98. The van der Waals surface area contributed by atoms with Crippen molar-refractivity contribution in [3.05, 3.63) is 24.3 Å². The Morgan fingerprint density at radius 3 is 2.17 bits per heavy atom. The number of esters is 1. The molecule has 0 amide bonds. The third kappa shape index (κ3) is 7.32. The average Bonchev–Trinajstić information content (AvgIpc) is 3.41. The van der Waals surface area contributed by atoms with Crippen LogP contribution >= 0.6 is 0 Å². The standard InChI is InChI=1S/C19H30O4/c1-21-17(20)15-13-11-9-7-5-3-2-4-6-8-10-12-14-16-19-18(22-19)23-19/h2,4-5,7,18H,3,6,8-16H2,1H3. The van der Waals surface area contributed by atoms with E-state index >= 15 is 0 Å². The third-order valence-corrected chi connectivity index (χ3v) is 4.34. The number of methoxy groups -OCH3 is 1. The SMILES string of the molecule is COC(=O)CCCCC=CCC=CCCCCCCC12OC1O2. The molecular weight excluding hydrogens is 292 g/mol. The van der Waals surface area contributed by atoms with E-state index in [1.165, 1.54) is 39.2 Å². The van der Waals surface area contributed by atoms with Gasteiger partial charge >= 0.3 is 5.97 Å². The van der Waals surface area contributed by atoms with Gasteiger partial charge in [0.05, 0.1) is 7.11 Å². The zero-order valence-corrected chi connectivity index (χ0v) is 14.3. The predicted octanol–water partition coefficient (Wildman–Crippen LogP) is 4.65. The molecule has 4 heteroatoms. The number of carbonyl (C=O) groups excluding carboxylic acids is 1. The number of epoxide rings is 2. The molecular formula is C19H30O4. The maximum absolute atomic E-state index is 10.9. The largest absolute Gasteiger partial charge is 0.469 e. The molecule has 130 valence electrons. The van der Waals surface area contributed by atoms with E-state index in [9.17, 15) is 4.79 Å². The molecule has 4 nitrogen and oxygen atoms in total. The maximum Gasteiger partial charge on any atom is 0.305 e. The monoisotopic (exact) mass is 322 g/mol. The fourth-order valence-corrected chi connectivity index (χ4v) is 2.67. The number of carbonyl (C=O) groups is 1. The summed E-state index contributed by atoms with van der Waals surface area (Å²) >= 11 is 0. The Morgan fingerprint density at radius 2 is 1.57 bits per heavy atom. The van der Waals surface area contributed by atoms with Crippen molar-refractivity contribution in [3.8, 4) is 0 Å². The van der Waals surface area contributed by atoms with E-state index in [0.717, 1.165) is 32.1 Å². The van der Waals surface area contributed by atoms with Gasteiger partial charge in [0.15, 0.2) is 0 Å². The summed E-state index contributed by atoms with van der Waals surface area (Å²) in [4.78, 5) is 10.9. The van der Waals surface area contributed by atoms with Crippen LogP contribution in [0.5, 0.6) is 0 Å². The Labute approximate surface area is 139 Å². The molecule has 0 unspecified atom stereocenters. The maximum atomic E-state index is 10.9. The molecule has 0 bridgehead atoms. The minimum Gasteiger partial charge on any atom is -0.469 e. The van der Waals surface area contributed by atoms with Crippen LogP contribution in [0.4, 0.5) is 0 Å². The predicted molar refractivity (Wildman–Crippen MR) is 89.8 cm³/mol. The van der Waals surface area contributed by atoms with Crippen molar-refractivity contribution in [1.82, 2.24) is 0 Å². The van der Waals surface area contributed by atoms with Gasteiger partial charge in [0.2, 0.25) is 12.1 Å². The number of rotatable bonds is 14. The normalized spacial score (nSPS) is 25.0. The minimum atomic E-state index is -0.109. The van der Waals surface area contributed by atoms with Gasteiger partial charge in [0.25, 0.3) is 0 Å². The molecule has 2 rings (SSSR count). The molecule has 2 aliphatic heterocycles. The van der Waals surface area contributed by atoms with Crippen LogP contribution < -0.4 is 0 Å². The zero-order chi connectivity index (χ0) is 16.4. The van der Waals surface area contributed by atoms with Crippen LogP contribution in [-0.4, -0.2) is 25.2 Å². The van der Waals surface area contributed by atoms with Gasteiger partial charge in [-0.25, -0.2) is 0 Å². The number of ether oxygens (including phenoxy) is 3. The third-order valence-electron chi connectivity index (χ3n) is 4.34. The van der Waals surface area contributed by atoms with Gasteiger partial charge in [-0.3, -0.25) is 4.79 Å². The molecule has 0 aromatic carbocycles. The summed E-state index contributed by atoms with van der Waals surface area (Å²) in [6.07, 6.45) is 21.0. The number of unbranched alkanes of at least 4 members (excludes halogenated alkanes) is 6. The highest BCUT2D eigenvalue weighted by Gasteiger charge is 2.76. The quantitative estimate of drug-likeness (QED) is 0.202. The van der Waals surface area contributed by atoms with Crippen LogP contribution in [0.1, 0.15) is 70.6 Å². The Hall–Kier alpha value is -1.13. The Morgan fingerprint density at radius 1 is 0.957 bits per heavy atom. The van der Waals surface area contributed by atoms with E-state index in [4.69, 9.17) is 9.47 Å².